The van der Waals surface area contributed by atoms with Gasteiger partial charge < -0.3 is 4.42 Å². The molecule has 4 rings (SSSR count). The van der Waals surface area contributed by atoms with Crippen LogP contribution in [0.2, 0.25) is 0 Å². The Labute approximate surface area is 146 Å². The molecule has 0 amide bonds. The van der Waals surface area contributed by atoms with E-state index in [4.69, 9.17) is 4.42 Å². The lowest BCUT2D eigenvalue weighted by Gasteiger charge is -2.14. The molecule has 0 aliphatic heterocycles. The van der Waals surface area contributed by atoms with Crippen LogP contribution in [0.3, 0.4) is 0 Å². The maximum absolute atomic E-state index is 13.1. The molecule has 25 heavy (non-hydrogen) atoms. The quantitative estimate of drug-likeness (QED) is 0.470. The van der Waals surface area contributed by atoms with Crippen LogP contribution in [-0.4, -0.2) is 0 Å². The Balaban J connectivity index is 2.19. The van der Waals surface area contributed by atoms with E-state index in [1.165, 1.54) is 0 Å². The average Bonchev–Trinajstić information content (AvgIpc) is 2.67. The zero-order chi connectivity index (χ0) is 17.4. The summed E-state index contributed by atoms with van der Waals surface area (Å²) >= 11 is 0. The minimum absolute atomic E-state index is 0.0374. The fraction of sp³-hybridized carbons (Fsp3) is 0.0870. The highest BCUT2D eigenvalue weighted by Gasteiger charge is 2.17. The van der Waals surface area contributed by atoms with Crippen molar-refractivity contribution in [3.8, 4) is 22.3 Å². The topological polar surface area (TPSA) is 30.2 Å². The molecule has 0 bridgehead atoms. The van der Waals surface area contributed by atoms with Gasteiger partial charge in [-0.25, -0.2) is 0 Å². The molecule has 2 heteroatoms. The third-order valence-corrected chi connectivity index (χ3v) is 4.67. The molecule has 0 unspecified atom stereocenters. The largest absolute Gasteiger partial charge is 0.461 e. The van der Waals surface area contributed by atoms with Crippen LogP contribution in [-0.2, 0) is 0 Å². The van der Waals surface area contributed by atoms with Crippen molar-refractivity contribution in [2.45, 2.75) is 13.8 Å². The molecule has 1 heterocycles. The Morgan fingerprint density at radius 1 is 0.720 bits per heavy atom. The number of rotatable bonds is 2. The van der Waals surface area contributed by atoms with Gasteiger partial charge in [-0.2, -0.15) is 0 Å². The van der Waals surface area contributed by atoms with Crippen molar-refractivity contribution in [2.75, 3.05) is 0 Å². The van der Waals surface area contributed by atoms with Crippen molar-refractivity contribution in [3.63, 3.8) is 0 Å². The van der Waals surface area contributed by atoms with Crippen LogP contribution in [0.4, 0.5) is 0 Å². The third kappa shape index (κ3) is 2.56. The van der Waals surface area contributed by atoms with Crippen LogP contribution >= 0.6 is 0 Å². The molecule has 2 nitrogen and oxygen atoms in total. The summed E-state index contributed by atoms with van der Waals surface area (Å²) in [6.07, 6.45) is 0. The van der Waals surface area contributed by atoms with Gasteiger partial charge in [0.15, 0.2) is 5.43 Å². The lowest BCUT2D eigenvalue weighted by molar-refractivity contribution is 0.559. The van der Waals surface area contributed by atoms with E-state index in [9.17, 15) is 4.79 Å². The highest BCUT2D eigenvalue weighted by Crippen LogP contribution is 2.37. The SMILES string of the molecule is Cc1oc2ccc(-c3ccccc3)c(-c3ccccc3)c2c(=O)c1C. The van der Waals surface area contributed by atoms with Crippen molar-refractivity contribution in [1.82, 2.24) is 0 Å². The van der Waals surface area contributed by atoms with Gasteiger partial charge in [0.25, 0.3) is 0 Å². The Kier molecular flexibility index (Phi) is 3.73. The Hall–Kier alpha value is -3.13. The summed E-state index contributed by atoms with van der Waals surface area (Å²) < 4.78 is 5.93. The average molecular weight is 326 g/mol. The van der Waals surface area contributed by atoms with Crippen LogP contribution < -0.4 is 5.43 Å². The van der Waals surface area contributed by atoms with Gasteiger partial charge in [0.2, 0.25) is 0 Å². The fourth-order valence-electron chi connectivity index (χ4n) is 3.25. The van der Waals surface area contributed by atoms with Crippen molar-refractivity contribution >= 4 is 11.0 Å². The van der Waals surface area contributed by atoms with Gasteiger partial charge in [-0.15, -0.1) is 0 Å². The molecule has 0 N–H and O–H groups in total. The van der Waals surface area contributed by atoms with Gasteiger partial charge in [0.05, 0.1) is 5.39 Å². The molecule has 1 aromatic heterocycles. The van der Waals surface area contributed by atoms with E-state index < -0.39 is 0 Å². The smallest absolute Gasteiger partial charge is 0.196 e. The number of hydrogen-bond acceptors (Lipinski definition) is 2. The monoisotopic (exact) mass is 326 g/mol. The molecule has 0 saturated heterocycles. The van der Waals surface area contributed by atoms with E-state index in [0.29, 0.717) is 22.3 Å². The Morgan fingerprint density at radius 2 is 1.32 bits per heavy atom. The molecular weight excluding hydrogens is 308 g/mol. The summed E-state index contributed by atoms with van der Waals surface area (Å²) in [5, 5.41) is 0.649. The summed E-state index contributed by atoms with van der Waals surface area (Å²) in [6, 6.07) is 24.1. The first-order valence-electron chi connectivity index (χ1n) is 8.34. The van der Waals surface area contributed by atoms with Gasteiger partial charge in [0, 0.05) is 11.1 Å². The molecule has 0 saturated carbocycles. The van der Waals surface area contributed by atoms with Gasteiger partial charge in [-0.3, -0.25) is 4.79 Å². The van der Waals surface area contributed by atoms with Crippen molar-refractivity contribution < 1.29 is 4.42 Å². The fourth-order valence-corrected chi connectivity index (χ4v) is 3.25. The molecule has 0 atom stereocenters. The predicted molar refractivity (Wildman–Crippen MR) is 103 cm³/mol. The summed E-state index contributed by atoms with van der Waals surface area (Å²) in [5.41, 5.74) is 5.40. The van der Waals surface area contributed by atoms with Crippen LogP contribution in [0, 0.1) is 13.8 Å². The van der Waals surface area contributed by atoms with Gasteiger partial charge in [-0.1, -0.05) is 66.7 Å². The Bertz CT molecular complexity index is 1110. The zero-order valence-electron chi connectivity index (χ0n) is 14.2. The van der Waals surface area contributed by atoms with E-state index in [0.717, 1.165) is 22.3 Å². The molecule has 0 spiro atoms. The minimum Gasteiger partial charge on any atom is -0.461 e. The maximum atomic E-state index is 13.1. The molecule has 122 valence electrons. The maximum Gasteiger partial charge on any atom is 0.196 e. The minimum atomic E-state index is 0.0374. The summed E-state index contributed by atoms with van der Waals surface area (Å²) in [6.45, 7) is 3.66. The van der Waals surface area contributed by atoms with Crippen molar-refractivity contribution in [2.24, 2.45) is 0 Å². The number of aryl methyl sites for hydroxylation is 1. The number of benzene rings is 3. The molecule has 0 fully saturated rings. The van der Waals surface area contributed by atoms with Gasteiger partial charge in [0.1, 0.15) is 11.3 Å². The molecular formula is C23H18O2. The normalized spacial score (nSPS) is 11.0. The third-order valence-electron chi connectivity index (χ3n) is 4.67. The molecule has 0 aliphatic carbocycles. The summed E-state index contributed by atoms with van der Waals surface area (Å²) in [7, 11) is 0. The summed E-state index contributed by atoms with van der Waals surface area (Å²) in [5.74, 6) is 0.670. The lowest BCUT2D eigenvalue weighted by atomic mass is 9.91. The molecule has 0 aliphatic rings. The summed E-state index contributed by atoms with van der Waals surface area (Å²) in [4.78, 5) is 13.1. The first-order chi connectivity index (χ1) is 12.2. The standard InChI is InChI=1S/C23H18O2/c1-15-16(2)25-20-14-13-19(17-9-5-3-6-10-17)21(22(20)23(15)24)18-11-7-4-8-12-18/h3-14H,1-2H3. The number of hydrogen-bond donors (Lipinski definition) is 0. The van der Waals surface area contributed by atoms with Crippen molar-refractivity contribution in [3.05, 3.63) is 94.3 Å². The van der Waals surface area contributed by atoms with Gasteiger partial charge in [-0.05, 0) is 36.6 Å². The van der Waals surface area contributed by atoms with E-state index in [1.807, 2.05) is 74.5 Å². The highest BCUT2D eigenvalue weighted by atomic mass is 16.3. The van der Waals surface area contributed by atoms with E-state index >= 15 is 0 Å². The second-order valence-electron chi connectivity index (χ2n) is 6.21. The van der Waals surface area contributed by atoms with E-state index in [-0.39, 0.29) is 5.43 Å². The van der Waals surface area contributed by atoms with Crippen LogP contribution in [0.25, 0.3) is 33.2 Å². The zero-order valence-corrected chi connectivity index (χ0v) is 14.2. The van der Waals surface area contributed by atoms with Crippen LogP contribution in [0.15, 0.2) is 82.0 Å². The van der Waals surface area contributed by atoms with E-state index in [2.05, 4.69) is 12.1 Å². The first kappa shape index (κ1) is 15.4. The lowest BCUT2D eigenvalue weighted by Crippen LogP contribution is -2.09. The van der Waals surface area contributed by atoms with Gasteiger partial charge >= 0.3 is 0 Å². The van der Waals surface area contributed by atoms with Crippen LogP contribution in [0.5, 0.6) is 0 Å². The van der Waals surface area contributed by atoms with E-state index in [1.54, 1.807) is 0 Å². The Morgan fingerprint density at radius 3 is 1.96 bits per heavy atom. The molecule has 0 radical (unpaired) electrons. The second kappa shape index (κ2) is 6.06. The molecule has 4 aromatic rings. The second-order valence-corrected chi connectivity index (χ2v) is 6.21. The van der Waals surface area contributed by atoms with Crippen molar-refractivity contribution in [1.29, 1.82) is 0 Å². The highest BCUT2D eigenvalue weighted by molar-refractivity contribution is 6.02. The first-order valence-corrected chi connectivity index (χ1v) is 8.34. The van der Waals surface area contributed by atoms with Crippen LogP contribution in [0.1, 0.15) is 11.3 Å². The number of fused-ring (bicyclic) bond motifs is 1. The molecule has 3 aromatic carbocycles. The predicted octanol–water partition coefficient (Wildman–Crippen LogP) is 5.74.